The van der Waals surface area contributed by atoms with Crippen LogP contribution in [0.25, 0.3) is 0 Å². The van der Waals surface area contributed by atoms with Crippen LogP contribution in [-0.2, 0) is 9.53 Å². The van der Waals surface area contributed by atoms with Crippen molar-refractivity contribution in [1.29, 1.82) is 0 Å². The van der Waals surface area contributed by atoms with Gasteiger partial charge in [-0.1, -0.05) is 6.42 Å². The van der Waals surface area contributed by atoms with E-state index < -0.39 is 24.3 Å². The van der Waals surface area contributed by atoms with Crippen molar-refractivity contribution in [3.05, 3.63) is 11.5 Å². The molecule has 15 heavy (non-hydrogen) atoms. The van der Waals surface area contributed by atoms with Crippen LogP contribution in [0.3, 0.4) is 0 Å². The van der Waals surface area contributed by atoms with Crippen LogP contribution in [-0.4, -0.2) is 20.1 Å². The monoisotopic (exact) mass is 246 g/mol. The molecule has 0 aromatic rings. The van der Waals surface area contributed by atoms with Gasteiger partial charge >= 0.3 is 64.3 Å². The molecular weight excluding hydrogens is 235 g/mol. The van der Waals surface area contributed by atoms with E-state index in [2.05, 4.69) is 4.74 Å². The zero-order valence-electron chi connectivity index (χ0n) is 8.80. The average molecular weight is 246 g/mol. The van der Waals surface area contributed by atoms with Crippen LogP contribution in [0.5, 0.6) is 0 Å². The predicted molar refractivity (Wildman–Crippen MR) is 46.5 cm³/mol. The maximum absolute atomic E-state index is 12.2. The zero-order valence-corrected chi connectivity index (χ0v) is 11.9. The van der Waals surface area contributed by atoms with Gasteiger partial charge in [-0.25, -0.2) is 0 Å². The molecule has 0 radical (unpaired) electrons. The van der Waals surface area contributed by atoms with Crippen molar-refractivity contribution in [3.63, 3.8) is 0 Å². The molecule has 1 rings (SSSR count). The van der Waals surface area contributed by atoms with Crippen LogP contribution in [0, 0.1) is 5.92 Å². The number of carbonyl (C=O) groups excluding carboxylic acids is 1. The van der Waals surface area contributed by atoms with E-state index in [1.807, 2.05) is 0 Å². The number of hydrogen-bond acceptors (Lipinski definition) is 2. The molecule has 80 valence electrons. The maximum Gasteiger partial charge on any atom is 1.00 e. The maximum atomic E-state index is 12.2. The van der Waals surface area contributed by atoms with E-state index >= 15 is 0 Å². The van der Waals surface area contributed by atoms with Gasteiger partial charge in [0.15, 0.2) is 0 Å². The number of allylic oxidation sites excluding steroid dienone is 2. The number of hydrogen-bond donors (Lipinski definition) is 0. The predicted octanol–water partition coefficient (Wildman–Crippen LogP) is -0.724. The normalized spacial score (nSPS) is 21.3. The fourth-order valence-corrected chi connectivity index (χ4v) is 1.53. The Labute approximate surface area is 129 Å². The third kappa shape index (κ3) is 4.60. The van der Waals surface area contributed by atoms with Gasteiger partial charge in [0.2, 0.25) is 0 Å². The molecule has 1 aliphatic rings. The van der Waals surface area contributed by atoms with Gasteiger partial charge in [0.1, 0.15) is 0 Å². The Morgan fingerprint density at radius 1 is 1.53 bits per heavy atom. The van der Waals surface area contributed by atoms with E-state index in [4.69, 9.17) is 0 Å². The molecule has 1 aliphatic carbocycles. The average Bonchev–Trinajstić information content (AvgIpc) is 2.15. The SMILES string of the molecule is COC(=O)C1CC=C([B-](F)(F)F)CC1.[K+]. The summed E-state index contributed by atoms with van der Waals surface area (Å²) in [7, 11) is 1.25. The van der Waals surface area contributed by atoms with Gasteiger partial charge in [-0.05, 0) is 12.8 Å². The summed E-state index contributed by atoms with van der Waals surface area (Å²) >= 11 is 0. The molecule has 1 atom stereocenters. The summed E-state index contributed by atoms with van der Waals surface area (Å²) < 4.78 is 41.2. The molecule has 7 heteroatoms. The smallest absolute Gasteiger partial charge is 0.469 e. The van der Waals surface area contributed by atoms with Gasteiger partial charge < -0.3 is 17.7 Å². The third-order valence-electron chi connectivity index (χ3n) is 2.40. The minimum atomic E-state index is -4.87. The van der Waals surface area contributed by atoms with Gasteiger partial charge in [0.25, 0.3) is 0 Å². The minimum absolute atomic E-state index is 0. The Morgan fingerprint density at radius 2 is 2.13 bits per heavy atom. The first-order chi connectivity index (χ1) is 6.45. The fourth-order valence-electron chi connectivity index (χ4n) is 1.53. The molecule has 0 saturated carbocycles. The van der Waals surface area contributed by atoms with Crippen molar-refractivity contribution < 1.29 is 73.9 Å². The number of rotatable bonds is 2. The van der Waals surface area contributed by atoms with E-state index in [0.717, 1.165) is 6.08 Å². The summed E-state index contributed by atoms with van der Waals surface area (Å²) in [5.74, 6) is -0.822. The molecule has 0 bridgehead atoms. The number of ether oxygens (including phenoxy) is 1. The second kappa shape index (κ2) is 6.44. The van der Waals surface area contributed by atoms with Crippen molar-refractivity contribution in [2.24, 2.45) is 5.92 Å². The molecule has 0 aliphatic heterocycles. The molecule has 0 aromatic carbocycles. The quantitative estimate of drug-likeness (QED) is 0.474. The first-order valence-corrected chi connectivity index (χ1v) is 4.42. The molecule has 0 heterocycles. The Kier molecular flexibility index (Phi) is 6.74. The van der Waals surface area contributed by atoms with Gasteiger partial charge in [-0.3, -0.25) is 4.79 Å². The van der Waals surface area contributed by atoms with Crippen molar-refractivity contribution in [2.75, 3.05) is 7.11 Å². The first-order valence-electron chi connectivity index (χ1n) is 4.42. The van der Waals surface area contributed by atoms with Crippen LogP contribution < -0.4 is 51.4 Å². The molecule has 0 aromatic heterocycles. The van der Waals surface area contributed by atoms with E-state index in [0.29, 0.717) is 0 Å². The van der Waals surface area contributed by atoms with Crippen LogP contribution in [0.4, 0.5) is 12.9 Å². The van der Waals surface area contributed by atoms with Gasteiger partial charge in [-0.15, -0.1) is 11.5 Å². The second-order valence-electron chi connectivity index (χ2n) is 3.35. The first kappa shape index (κ1) is 15.7. The van der Waals surface area contributed by atoms with Crippen LogP contribution in [0.2, 0.25) is 0 Å². The van der Waals surface area contributed by atoms with Crippen molar-refractivity contribution in [1.82, 2.24) is 0 Å². The van der Waals surface area contributed by atoms with Crippen LogP contribution in [0.15, 0.2) is 11.5 Å². The topological polar surface area (TPSA) is 26.3 Å². The van der Waals surface area contributed by atoms with E-state index in [9.17, 15) is 17.7 Å². The second-order valence-corrected chi connectivity index (χ2v) is 3.35. The zero-order chi connectivity index (χ0) is 10.8. The van der Waals surface area contributed by atoms with Crippen molar-refractivity contribution >= 4 is 12.9 Å². The molecule has 0 saturated heterocycles. The number of esters is 1. The molecule has 0 fully saturated rings. The Morgan fingerprint density at radius 3 is 2.47 bits per heavy atom. The van der Waals surface area contributed by atoms with E-state index in [-0.39, 0.29) is 70.6 Å². The third-order valence-corrected chi connectivity index (χ3v) is 2.40. The fraction of sp³-hybridized carbons (Fsp3) is 0.625. The number of methoxy groups -OCH3 is 1. The number of carbonyl (C=O) groups is 1. The molecule has 0 amide bonds. The Balaban J connectivity index is 0.00000196. The summed E-state index contributed by atoms with van der Waals surface area (Å²) in [5, 5.41) is 0. The summed E-state index contributed by atoms with van der Waals surface area (Å²) in [6.07, 6.45) is 1.43. The standard InChI is InChI=1S/C8H11BF3O2.K/c1-14-8(13)6-2-4-7(5-3-6)9(10,11)12;/h4,6H,2-3,5H2,1H3;/q-1;+1. The van der Waals surface area contributed by atoms with Crippen molar-refractivity contribution in [2.45, 2.75) is 19.3 Å². The Hall–Kier alpha value is 0.701. The van der Waals surface area contributed by atoms with Crippen LogP contribution in [0.1, 0.15) is 19.3 Å². The van der Waals surface area contributed by atoms with Gasteiger partial charge in [0.05, 0.1) is 13.0 Å². The molecule has 1 unspecified atom stereocenters. The summed E-state index contributed by atoms with van der Waals surface area (Å²) in [6, 6.07) is 0. The summed E-state index contributed by atoms with van der Waals surface area (Å²) in [4.78, 5) is 11.0. The van der Waals surface area contributed by atoms with E-state index in [1.54, 1.807) is 0 Å². The number of halogens is 3. The van der Waals surface area contributed by atoms with Gasteiger partial charge in [0, 0.05) is 0 Å². The molecular formula is C8H11BF3KO2. The molecule has 0 N–H and O–H groups in total. The van der Waals surface area contributed by atoms with E-state index in [1.165, 1.54) is 7.11 Å². The summed E-state index contributed by atoms with van der Waals surface area (Å²) in [5.41, 5.74) is -0.467. The van der Waals surface area contributed by atoms with Crippen molar-refractivity contribution in [3.8, 4) is 0 Å². The summed E-state index contributed by atoms with van der Waals surface area (Å²) in [6.45, 7) is -4.87. The molecule has 2 nitrogen and oxygen atoms in total. The van der Waals surface area contributed by atoms with Crippen LogP contribution >= 0.6 is 0 Å². The van der Waals surface area contributed by atoms with Gasteiger partial charge in [-0.2, -0.15) is 0 Å². The largest absolute Gasteiger partial charge is 1.00 e. The minimum Gasteiger partial charge on any atom is -0.469 e. The Bertz CT molecular complexity index is 265. The molecule has 0 spiro atoms.